The van der Waals surface area contributed by atoms with E-state index in [0.29, 0.717) is 5.92 Å². The van der Waals surface area contributed by atoms with E-state index in [0.717, 1.165) is 31.6 Å². The summed E-state index contributed by atoms with van der Waals surface area (Å²) in [6, 6.07) is 0. The van der Waals surface area contributed by atoms with E-state index in [-0.39, 0.29) is 0 Å². The second-order valence-corrected chi connectivity index (χ2v) is 3.77. The molecular weight excluding hydrogens is 138 g/mol. The van der Waals surface area contributed by atoms with Crippen LogP contribution in [-0.2, 0) is 4.74 Å². The molecule has 2 unspecified atom stereocenters. The Morgan fingerprint density at radius 2 is 2.27 bits per heavy atom. The van der Waals surface area contributed by atoms with Gasteiger partial charge in [-0.1, -0.05) is 13.8 Å². The zero-order valence-electron chi connectivity index (χ0n) is 7.55. The van der Waals surface area contributed by atoms with Crippen LogP contribution in [0.1, 0.15) is 20.3 Å². The van der Waals surface area contributed by atoms with Crippen LogP contribution >= 0.6 is 0 Å². The van der Waals surface area contributed by atoms with Crippen molar-refractivity contribution in [3.8, 4) is 0 Å². The van der Waals surface area contributed by atoms with E-state index in [2.05, 4.69) is 13.8 Å². The van der Waals surface area contributed by atoms with Crippen molar-refractivity contribution in [2.45, 2.75) is 20.3 Å². The molecule has 1 aliphatic heterocycles. The first-order chi connectivity index (χ1) is 5.25. The molecule has 1 heterocycles. The van der Waals surface area contributed by atoms with Crippen molar-refractivity contribution in [3.05, 3.63) is 0 Å². The van der Waals surface area contributed by atoms with E-state index in [1.807, 2.05) is 0 Å². The molecule has 0 spiro atoms. The Bertz CT molecular complexity index is 114. The molecule has 66 valence electrons. The van der Waals surface area contributed by atoms with Crippen molar-refractivity contribution in [2.75, 3.05) is 19.8 Å². The predicted octanol–water partition coefficient (Wildman–Crippen LogP) is 1.25. The van der Waals surface area contributed by atoms with Crippen molar-refractivity contribution in [1.82, 2.24) is 0 Å². The van der Waals surface area contributed by atoms with Gasteiger partial charge in [0.1, 0.15) is 0 Å². The molecule has 2 N–H and O–H groups in total. The third-order valence-corrected chi connectivity index (χ3v) is 2.69. The average Bonchev–Trinajstić information content (AvgIpc) is 2.04. The summed E-state index contributed by atoms with van der Waals surface area (Å²) >= 11 is 0. The maximum absolute atomic E-state index is 5.65. The van der Waals surface area contributed by atoms with Gasteiger partial charge in [-0.2, -0.15) is 0 Å². The van der Waals surface area contributed by atoms with E-state index in [4.69, 9.17) is 10.5 Å². The molecule has 1 aliphatic rings. The van der Waals surface area contributed by atoms with Crippen LogP contribution in [0.5, 0.6) is 0 Å². The van der Waals surface area contributed by atoms with Gasteiger partial charge >= 0.3 is 0 Å². The van der Waals surface area contributed by atoms with E-state index >= 15 is 0 Å². The molecule has 2 heteroatoms. The Kier molecular flexibility index (Phi) is 3.34. The Morgan fingerprint density at radius 1 is 1.55 bits per heavy atom. The summed E-state index contributed by atoms with van der Waals surface area (Å²) in [6.45, 7) is 7.14. The molecule has 0 saturated carbocycles. The first kappa shape index (κ1) is 9.01. The van der Waals surface area contributed by atoms with Crippen LogP contribution in [-0.4, -0.2) is 19.8 Å². The fourth-order valence-corrected chi connectivity index (χ4v) is 1.93. The van der Waals surface area contributed by atoms with Crippen LogP contribution in [0.3, 0.4) is 0 Å². The van der Waals surface area contributed by atoms with Gasteiger partial charge in [0.05, 0.1) is 6.61 Å². The summed E-state index contributed by atoms with van der Waals surface area (Å²) in [6.07, 6.45) is 1.19. The van der Waals surface area contributed by atoms with Gasteiger partial charge in [-0.25, -0.2) is 0 Å². The maximum Gasteiger partial charge on any atom is 0.0509 e. The molecule has 0 aromatic rings. The minimum atomic E-state index is 0.601. The molecule has 0 amide bonds. The van der Waals surface area contributed by atoms with E-state index in [1.165, 1.54) is 6.42 Å². The largest absolute Gasteiger partial charge is 0.381 e. The standard InChI is InChI=1S/C9H19NO/c1-7(2)9-3-4-11-6-8(9)5-10/h7-9H,3-6,10H2,1-2H3. The van der Waals surface area contributed by atoms with Gasteiger partial charge in [0, 0.05) is 6.61 Å². The smallest absolute Gasteiger partial charge is 0.0509 e. The van der Waals surface area contributed by atoms with E-state index in [9.17, 15) is 0 Å². The molecule has 11 heavy (non-hydrogen) atoms. The molecule has 1 fully saturated rings. The first-order valence-corrected chi connectivity index (χ1v) is 4.53. The van der Waals surface area contributed by atoms with Crippen LogP contribution in [0.2, 0.25) is 0 Å². The second-order valence-electron chi connectivity index (χ2n) is 3.77. The highest BCUT2D eigenvalue weighted by molar-refractivity contribution is 4.76. The van der Waals surface area contributed by atoms with Crippen molar-refractivity contribution in [3.63, 3.8) is 0 Å². The Labute approximate surface area is 69.1 Å². The maximum atomic E-state index is 5.65. The normalized spacial score (nSPS) is 32.7. The molecular formula is C9H19NO. The lowest BCUT2D eigenvalue weighted by molar-refractivity contribution is 0.00485. The lowest BCUT2D eigenvalue weighted by atomic mass is 9.80. The highest BCUT2D eigenvalue weighted by Gasteiger charge is 2.26. The van der Waals surface area contributed by atoms with Crippen molar-refractivity contribution in [1.29, 1.82) is 0 Å². The monoisotopic (exact) mass is 157 g/mol. The number of ether oxygens (including phenoxy) is 1. The Hall–Kier alpha value is -0.0800. The molecule has 0 aromatic heterocycles. The van der Waals surface area contributed by atoms with Gasteiger partial charge in [0.2, 0.25) is 0 Å². The summed E-state index contributed by atoms with van der Waals surface area (Å²) in [5.74, 6) is 2.14. The fourth-order valence-electron chi connectivity index (χ4n) is 1.93. The summed E-state index contributed by atoms with van der Waals surface area (Å²) in [4.78, 5) is 0. The molecule has 0 bridgehead atoms. The molecule has 1 saturated heterocycles. The van der Waals surface area contributed by atoms with Gasteiger partial charge in [-0.05, 0) is 30.7 Å². The van der Waals surface area contributed by atoms with Crippen molar-refractivity contribution >= 4 is 0 Å². The number of hydrogen-bond acceptors (Lipinski definition) is 2. The summed E-state index contributed by atoms with van der Waals surface area (Å²) < 4.78 is 5.37. The SMILES string of the molecule is CC(C)C1CCOCC1CN. The quantitative estimate of drug-likeness (QED) is 0.655. The zero-order chi connectivity index (χ0) is 8.27. The van der Waals surface area contributed by atoms with Crippen LogP contribution in [0.4, 0.5) is 0 Å². The second kappa shape index (κ2) is 4.07. The lowest BCUT2D eigenvalue weighted by Gasteiger charge is -2.33. The van der Waals surface area contributed by atoms with Gasteiger partial charge in [0.15, 0.2) is 0 Å². The van der Waals surface area contributed by atoms with Gasteiger partial charge < -0.3 is 10.5 Å². The molecule has 1 rings (SSSR count). The Morgan fingerprint density at radius 3 is 2.73 bits per heavy atom. The van der Waals surface area contributed by atoms with Crippen LogP contribution in [0, 0.1) is 17.8 Å². The number of hydrogen-bond donors (Lipinski definition) is 1. The minimum Gasteiger partial charge on any atom is -0.381 e. The minimum absolute atomic E-state index is 0.601. The third kappa shape index (κ3) is 2.17. The molecule has 0 aliphatic carbocycles. The summed E-state index contributed by atoms with van der Waals surface area (Å²) in [5.41, 5.74) is 5.65. The average molecular weight is 157 g/mol. The molecule has 2 atom stereocenters. The summed E-state index contributed by atoms with van der Waals surface area (Å²) in [7, 11) is 0. The molecule has 0 radical (unpaired) electrons. The number of nitrogens with two attached hydrogens (primary N) is 1. The van der Waals surface area contributed by atoms with E-state index < -0.39 is 0 Å². The van der Waals surface area contributed by atoms with Crippen molar-refractivity contribution < 1.29 is 4.74 Å². The lowest BCUT2D eigenvalue weighted by Crippen LogP contribution is -2.35. The number of rotatable bonds is 2. The summed E-state index contributed by atoms with van der Waals surface area (Å²) in [5, 5.41) is 0. The highest BCUT2D eigenvalue weighted by atomic mass is 16.5. The zero-order valence-corrected chi connectivity index (χ0v) is 7.55. The first-order valence-electron chi connectivity index (χ1n) is 4.53. The van der Waals surface area contributed by atoms with Crippen LogP contribution < -0.4 is 5.73 Å². The van der Waals surface area contributed by atoms with Crippen LogP contribution in [0.25, 0.3) is 0 Å². The predicted molar refractivity (Wildman–Crippen MR) is 46.3 cm³/mol. The van der Waals surface area contributed by atoms with Crippen LogP contribution in [0.15, 0.2) is 0 Å². The Balaban J connectivity index is 2.44. The topological polar surface area (TPSA) is 35.2 Å². The molecule has 0 aromatic carbocycles. The third-order valence-electron chi connectivity index (χ3n) is 2.69. The molecule has 2 nitrogen and oxygen atoms in total. The highest BCUT2D eigenvalue weighted by Crippen LogP contribution is 2.27. The van der Waals surface area contributed by atoms with Crippen molar-refractivity contribution in [2.24, 2.45) is 23.5 Å². The van der Waals surface area contributed by atoms with Gasteiger partial charge in [0.25, 0.3) is 0 Å². The van der Waals surface area contributed by atoms with Gasteiger partial charge in [-0.3, -0.25) is 0 Å². The van der Waals surface area contributed by atoms with E-state index in [1.54, 1.807) is 0 Å². The fraction of sp³-hybridized carbons (Fsp3) is 1.00. The van der Waals surface area contributed by atoms with Gasteiger partial charge in [-0.15, -0.1) is 0 Å².